The first-order valence-electron chi connectivity index (χ1n) is 9.36. The second kappa shape index (κ2) is 8.55. The maximum Gasteiger partial charge on any atom is 0.162 e. The smallest absolute Gasteiger partial charge is 0.162 e. The van der Waals surface area contributed by atoms with Crippen LogP contribution in [0.4, 0.5) is 0 Å². The molecule has 0 amide bonds. The summed E-state index contributed by atoms with van der Waals surface area (Å²) < 4.78 is 11.2. The Bertz CT molecular complexity index is 613. The summed E-state index contributed by atoms with van der Waals surface area (Å²) in [6.07, 6.45) is 6.74. The van der Waals surface area contributed by atoms with Crippen LogP contribution in [0.5, 0.6) is 11.5 Å². The highest BCUT2D eigenvalue weighted by Gasteiger charge is 2.36. The Kier molecular flexibility index (Phi) is 6.17. The maximum absolute atomic E-state index is 10.4. The first kappa shape index (κ1) is 18.0. The topological polar surface area (TPSA) is 65.7 Å². The van der Waals surface area contributed by atoms with Crippen LogP contribution in [0.3, 0.4) is 0 Å². The van der Waals surface area contributed by atoms with Gasteiger partial charge in [0, 0.05) is 24.6 Å². The Morgan fingerprint density at radius 3 is 2.80 bits per heavy atom. The summed E-state index contributed by atoms with van der Waals surface area (Å²) in [5, 5.41) is 19.3. The van der Waals surface area contributed by atoms with Gasteiger partial charge in [-0.15, -0.1) is 0 Å². The van der Waals surface area contributed by atoms with Crippen molar-refractivity contribution in [3.8, 4) is 17.6 Å². The fourth-order valence-corrected chi connectivity index (χ4v) is 4.33. The quantitative estimate of drug-likeness (QED) is 0.859. The zero-order valence-corrected chi connectivity index (χ0v) is 15.0. The number of aliphatic hydroxyl groups is 1. The third-order valence-corrected chi connectivity index (χ3v) is 5.62. The molecule has 3 rings (SSSR count). The average Bonchev–Trinajstić information content (AvgIpc) is 3.10. The highest BCUT2D eigenvalue weighted by atomic mass is 16.5. The Morgan fingerprint density at radius 2 is 2.04 bits per heavy atom. The lowest BCUT2D eigenvalue weighted by molar-refractivity contribution is 0.0193. The number of nitrogens with zero attached hydrogens (tertiary/aromatic N) is 2. The number of likely N-dealkylation sites (tertiary alicyclic amines) is 1. The Balaban J connectivity index is 1.55. The second-order valence-electron chi connectivity index (χ2n) is 7.09. The van der Waals surface area contributed by atoms with Crippen LogP contribution < -0.4 is 9.47 Å². The van der Waals surface area contributed by atoms with Crippen molar-refractivity contribution < 1.29 is 14.6 Å². The normalized spacial score (nSPS) is 27.0. The summed E-state index contributed by atoms with van der Waals surface area (Å²) in [5.74, 6) is 1.69. The fourth-order valence-electron chi connectivity index (χ4n) is 4.33. The van der Waals surface area contributed by atoms with Crippen molar-refractivity contribution in [1.29, 1.82) is 5.26 Å². The molecule has 1 saturated heterocycles. The number of methoxy groups -OCH3 is 1. The number of nitriles is 1. The molecule has 1 heterocycles. The van der Waals surface area contributed by atoms with Gasteiger partial charge in [-0.05, 0) is 44.4 Å². The third-order valence-electron chi connectivity index (χ3n) is 5.62. The van der Waals surface area contributed by atoms with Crippen LogP contribution in [0.2, 0.25) is 0 Å². The molecule has 1 aromatic carbocycles. The van der Waals surface area contributed by atoms with Crippen LogP contribution in [-0.2, 0) is 0 Å². The second-order valence-corrected chi connectivity index (χ2v) is 7.09. The van der Waals surface area contributed by atoms with E-state index < -0.39 is 0 Å². The molecule has 5 heteroatoms. The van der Waals surface area contributed by atoms with E-state index in [0.717, 1.165) is 32.4 Å². The minimum Gasteiger partial charge on any atom is -0.493 e. The zero-order valence-electron chi connectivity index (χ0n) is 15.0. The van der Waals surface area contributed by atoms with Gasteiger partial charge in [-0.1, -0.05) is 12.8 Å². The fraction of sp³-hybridized carbons (Fsp3) is 0.650. The van der Waals surface area contributed by atoms with Gasteiger partial charge in [0.25, 0.3) is 0 Å². The van der Waals surface area contributed by atoms with Crippen LogP contribution in [-0.4, -0.2) is 49.0 Å². The van der Waals surface area contributed by atoms with E-state index in [1.807, 2.05) is 0 Å². The number of hydrogen-bond donors (Lipinski definition) is 1. The molecular formula is C20H28N2O3. The van der Waals surface area contributed by atoms with E-state index in [1.54, 1.807) is 25.3 Å². The van der Waals surface area contributed by atoms with Gasteiger partial charge in [-0.3, -0.25) is 4.90 Å². The Morgan fingerprint density at radius 1 is 1.20 bits per heavy atom. The summed E-state index contributed by atoms with van der Waals surface area (Å²) in [6, 6.07) is 7.84. The first-order chi connectivity index (χ1) is 12.2. The van der Waals surface area contributed by atoms with Crippen molar-refractivity contribution in [1.82, 2.24) is 4.90 Å². The number of aliphatic hydroxyl groups excluding tert-OH is 1. The molecule has 1 N–H and O–H groups in total. The van der Waals surface area contributed by atoms with Crippen molar-refractivity contribution in [2.75, 3.05) is 26.8 Å². The molecule has 3 atom stereocenters. The van der Waals surface area contributed by atoms with Crippen LogP contribution in [0.25, 0.3) is 0 Å². The van der Waals surface area contributed by atoms with E-state index in [0.29, 0.717) is 35.6 Å². The summed E-state index contributed by atoms with van der Waals surface area (Å²) in [4.78, 5) is 2.48. The summed E-state index contributed by atoms with van der Waals surface area (Å²) in [7, 11) is 1.59. The van der Waals surface area contributed by atoms with E-state index in [9.17, 15) is 5.11 Å². The van der Waals surface area contributed by atoms with E-state index in [2.05, 4.69) is 11.0 Å². The molecule has 2 aliphatic rings. The molecule has 0 bridgehead atoms. The van der Waals surface area contributed by atoms with E-state index >= 15 is 0 Å². The van der Waals surface area contributed by atoms with E-state index in [-0.39, 0.29) is 6.10 Å². The monoisotopic (exact) mass is 344 g/mol. The highest BCUT2D eigenvalue weighted by Crippen LogP contribution is 2.34. The van der Waals surface area contributed by atoms with Gasteiger partial charge in [-0.25, -0.2) is 0 Å². The lowest BCUT2D eigenvalue weighted by atomic mass is 9.80. The standard InChI is InChI=1S/C20H28N2O3/c1-24-20-13-15(14-21)8-9-19(20)25-12-11-22-10-4-6-17(22)16-5-2-3-7-18(16)23/h8-9,13,16-18,23H,2-7,10-12H2,1H3/t16-,17-,18-/m1/s1. The molecule has 2 fully saturated rings. The number of ether oxygens (including phenoxy) is 2. The number of benzene rings is 1. The molecule has 0 aromatic heterocycles. The number of rotatable bonds is 6. The lowest BCUT2D eigenvalue weighted by Crippen LogP contribution is -2.43. The molecule has 5 nitrogen and oxygen atoms in total. The van der Waals surface area contributed by atoms with Crippen LogP contribution in [0, 0.1) is 17.2 Å². The lowest BCUT2D eigenvalue weighted by Gasteiger charge is -2.37. The zero-order chi connectivity index (χ0) is 17.6. The Labute approximate surface area is 150 Å². The van der Waals surface area contributed by atoms with Crippen LogP contribution in [0.15, 0.2) is 18.2 Å². The highest BCUT2D eigenvalue weighted by molar-refractivity contribution is 5.46. The molecule has 1 aliphatic heterocycles. The van der Waals surface area contributed by atoms with Crippen molar-refractivity contribution in [3.05, 3.63) is 23.8 Å². The van der Waals surface area contributed by atoms with Gasteiger partial charge in [-0.2, -0.15) is 5.26 Å². The van der Waals surface area contributed by atoms with E-state index in [4.69, 9.17) is 14.7 Å². The third kappa shape index (κ3) is 4.26. The summed E-state index contributed by atoms with van der Waals surface area (Å²) in [6.45, 7) is 2.53. The van der Waals surface area contributed by atoms with Gasteiger partial charge in [0.15, 0.2) is 11.5 Å². The molecule has 0 radical (unpaired) electrons. The molecule has 1 aliphatic carbocycles. The number of hydrogen-bond acceptors (Lipinski definition) is 5. The van der Waals surface area contributed by atoms with Crippen molar-refractivity contribution >= 4 is 0 Å². The average molecular weight is 344 g/mol. The molecule has 1 saturated carbocycles. The first-order valence-corrected chi connectivity index (χ1v) is 9.36. The minimum absolute atomic E-state index is 0.140. The van der Waals surface area contributed by atoms with Gasteiger partial charge >= 0.3 is 0 Å². The van der Waals surface area contributed by atoms with Gasteiger partial charge in [0.1, 0.15) is 6.61 Å². The van der Waals surface area contributed by atoms with Crippen molar-refractivity contribution in [2.45, 2.75) is 50.7 Å². The molecule has 0 spiro atoms. The SMILES string of the molecule is COc1cc(C#N)ccc1OCCN1CCC[C@@H]1[C@H]1CCCC[C@H]1O. The molecule has 1 aromatic rings. The maximum atomic E-state index is 10.4. The molecular weight excluding hydrogens is 316 g/mol. The molecule has 136 valence electrons. The Hall–Kier alpha value is -1.77. The summed E-state index contributed by atoms with van der Waals surface area (Å²) in [5.41, 5.74) is 0.565. The molecule has 0 unspecified atom stereocenters. The van der Waals surface area contributed by atoms with E-state index in [1.165, 1.54) is 19.3 Å². The van der Waals surface area contributed by atoms with Crippen molar-refractivity contribution in [3.63, 3.8) is 0 Å². The minimum atomic E-state index is -0.140. The van der Waals surface area contributed by atoms with Gasteiger partial charge in [0.2, 0.25) is 0 Å². The largest absolute Gasteiger partial charge is 0.493 e. The van der Waals surface area contributed by atoms with Crippen molar-refractivity contribution in [2.24, 2.45) is 5.92 Å². The van der Waals surface area contributed by atoms with Crippen LogP contribution in [0.1, 0.15) is 44.1 Å². The molecule has 25 heavy (non-hydrogen) atoms. The van der Waals surface area contributed by atoms with Gasteiger partial charge < -0.3 is 14.6 Å². The predicted molar refractivity (Wildman–Crippen MR) is 95.8 cm³/mol. The summed E-state index contributed by atoms with van der Waals surface area (Å²) >= 11 is 0. The predicted octanol–water partition coefficient (Wildman–Crippen LogP) is 2.96. The van der Waals surface area contributed by atoms with Gasteiger partial charge in [0.05, 0.1) is 24.8 Å². The van der Waals surface area contributed by atoms with Crippen LogP contribution >= 0.6 is 0 Å².